The van der Waals surface area contributed by atoms with Gasteiger partial charge in [-0.25, -0.2) is 0 Å². The van der Waals surface area contributed by atoms with Gasteiger partial charge in [-0.15, -0.1) is 0 Å². The average Bonchev–Trinajstić information content (AvgIpc) is 3.71. The normalized spacial score (nSPS) is 11.3. The zero-order chi connectivity index (χ0) is 40.5. The van der Waals surface area contributed by atoms with Gasteiger partial charge in [0.1, 0.15) is 11.2 Å². The summed E-state index contributed by atoms with van der Waals surface area (Å²) in [7, 11) is 0. The Balaban J connectivity index is 0.927. The van der Waals surface area contributed by atoms with E-state index in [1.807, 2.05) is 12.1 Å². The van der Waals surface area contributed by atoms with Crippen LogP contribution in [-0.4, -0.2) is 0 Å². The van der Waals surface area contributed by atoms with Crippen molar-refractivity contribution in [3.05, 3.63) is 243 Å². The summed E-state index contributed by atoms with van der Waals surface area (Å²) < 4.78 is 6.17. The molecule has 3 heteroatoms. The lowest BCUT2D eigenvalue weighted by Gasteiger charge is -2.26. The van der Waals surface area contributed by atoms with E-state index in [4.69, 9.17) is 4.42 Å². The Bertz CT molecular complexity index is 3260. The Morgan fingerprint density at radius 1 is 0.246 bits per heavy atom. The fraction of sp³-hybridized carbons (Fsp3) is 0. The van der Waals surface area contributed by atoms with Crippen LogP contribution in [0.3, 0.4) is 0 Å². The minimum atomic E-state index is 0.887. The summed E-state index contributed by atoms with van der Waals surface area (Å²) >= 11 is 0. The number of rotatable bonds is 9. The van der Waals surface area contributed by atoms with Gasteiger partial charge in [0.05, 0.1) is 0 Å². The molecule has 0 aliphatic rings. The number of para-hydroxylation sites is 2. The van der Waals surface area contributed by atoms with Gasteiger partial charge in [0.25, 0.3) is 0 Å². The summed E-state index contributed by atoms with van der Waals surface area (Å²) in [6.45, 7) is 0. The number of benzene rings is 10. The Morgan fingerprint density at radius 3 is 1.26 bits per heavy atom. The highest BCUT2D eigenvalue weighted by atomic mass is 16.3. The van der Waals surface area contributed by atoms with Gasteiger partial charge in [-0.3, -0.25) is 0 Å². The lowest BCUT2D eigenvalue weighted by atomic mass is 9.98. The molecule has 0 saturated carbocycles. The van der Waals surface area contributed by atoms with E-state index in [0.717, 1.165) is 67.2 Å². The molecule has 61 heavy (non-hydrogen) atoms. The van der Waals surface area contributed by atoms with E-state index in [1.54, 1.807) is 0 Å². The predicted molar refractivity (Wildman–Crippen MR) is 257 cm³/mol. The standard InChI is InChI=1S/C58H40N2O/c1-3-12-41(13-4-1)42-22-30-48(31-23-42)59(50-36-28-46(29-37-50)54-20-11-15-45-14-7-8-18-53(45)54)49-32-24-43(25-33-49)44-26-34-51(35-27-44)60(47-16-5-2-6-17-47)52-38-39-58-56(40-52)55-19-9-10-21-57(55)61-58/h1-40H. The van der Waals surface area contributed by atoms with Crippen LogP contribution < -0.4 is 9.80 Å². The topological polar surface area (TPSA) is 19.6 Å². The third kappa shape index (κ3) is 6.88. The second kappa shape index (κ2) is 15.6. The lowest BCUT2D eigenvalue weighted by molar-refractivity contribution is 0.669. The van der Waals surface area contributed by atoms with Crippen molar-refractivity contribution in [1.82, 2.24) is 0 Å². The van der Waals surface area contributed by atoms with Crippen molar-refractivity contribution in [2.45, 2.75) is 0 Å². The van der Waals surface area contributed by atoms with E-state index in [9.17, 15) is 0 Å². The summed E-state index contributed by atoms with van der Waals surface area (Å²) in [6.07, 6.45) is 0. The van der Waals surface area contributed by atoms with E-state index in [1.165, 1.54) is 33.0 Å². The maximum Gasteiger partial charge on any atom is 0.135 e. The van der Waals surface area contributed by atoms with Crippen LogP contribution >= 0.6 is 0 Å². The second-order valence-electron chi connectivity index (χ2n) is 15.4. The van der Waals surface area contributed by atoms with E-state index in [-0.39, 0.29) is 0 Å². The molecule has 0 atom stereocenters. The fourth-order valence-corrected chi connectivity index (χ4v) is 8.63. The molecular weight excluding hydrogens is 741 g/mol. The molecule has 0 unspecified atom stereocenters. The van der Waals surface area contributed by atoms with Gasteiger partial charge in [0, 0.05) is 44.9 Å². The highest BCUT2D eigenvalue weighted by Crippen LogP contribution is 2.41. The summed E-state index contributed by atoms with van der Waals surface area (Å²) in [5.74, 6) is 0. The van der Waals surface area contributed by atoms with Crippen LogP contribution in [0.15, 0.2) is 247 Å². The summed E-state index contributed by atoms with van der Waals surface area (Å²) in [5.41, 5.74) is 15.4. The van der Waals surface area contributed by atoms with Crippen molar-refractivity contribution in [3.8, 4) is 33.4 Å². The molecule has 1 heterocycles. The second-order valence-corrected chi connectivity index (χ2v) is 15.4. The van der Waals surface area contributed by atoms with Crippen LogP contribution in [0.25, 0.3) is 66.1 Å². The largest absolute Gasteiger partial charge is 0.456 e. The van der Waals surface area contributed by atoms with E-state index < -0.39 is 0 Å². The van der Waals surface area contributed by atoms with Gasteiger partial charge in [0.15, 0.2) is 0 Å². The molecule has 0 aliphatic carbocycles. The first-order valence-corrected chi connectivity index (χ1v) is 20.7. The van der Waals surface area contributed by atoms with Crippen LogP contribution in [0.2, 0.25) is 0 Å². The average molecular weight is 781 g/mol. The van der Waals surface area contributed by atoms with Gasteiger partial charge in [-0.05, 0) is 129 Å². The predicted octanol–water partition coefficient (Wildman–Crippen LogP) is 16.7. The summed E-state index contributed by atoms with van der Waals surface area (Å²) in [6, 6.07) is 86.5. The molecule has 288 valence electrons. The van der Waals surface area contributed by atoms with Gasteiger partial charge >= 0.3 is 0 Å². The lowest BCUT2D eigenvalue weighted by Crippen LogP contribution is -2.10. The van der Waals surface area contributed by atoms with Crippen LogP contribution in [0, 0.1) is 0 Å². The number of anilines is 6. The first kappa shape index (κ1) is 36.0. The molecule has 0 aliphatic heterocycles. The fourth-order valence-electron chi connectivity index (χ4n) is 8.63. The van der Waals surface area contributed by atoms with Crippen molar-refractivity contribution < 1.29 is 4.42 Å². The first-order chi connectivity index (χ1) is 30.2. The molecule has 0 saturated heterocycles. The van der Waals surface area contributed by atoms with Crippen LogP contribution in [0.5, 0.6) is 0 Å². The Labute approximate surface area is 355 Å². The summed E-state index contributed by atoms with van der Waals surface area (Å²) in [4.78, 5) is 4.65. The molecule has 11 aromatic rings. The molecule has 0 spiro atoms. The van der Waals surface area contributed by atoms with Crippen molar-refractivity contribution in [2.24, 2.45) is 0 Å². The molecule has 0 N–H and O–H groups in total. The molecule has 10 aromatic carbocycles. The monoisotopic (exact) mass is 780 g/mol. The zero-order valence-corrected chi connectivity index (χ0v) is 33.4. The first-order valence-electron chi connectivity index (χ1n) is 20.7. The SMILES string of the molecule is c1ccc(-c2ccc(N(c3ccc(-c4ccc(N(c5ccccc5)c5ccc6oc7ccccc7c6c5)cc4)cc3)c3ccc(-c4cccc5ccccc45)cc3)cc2)cc1. The molecule has 0 bridgehead atoms. The summed E-state index contributed by atoms with van der Waals surface area (Å²) in [5, 5.41) is 4.72. The van der Waals surface area contributed by atoms with Crippen LogP contribution in [-0.2, 0) is 0 Å². The van der Waals surface area contributed by atoms with Gasteiger partial charge in [-0.1, -0.05) is 158 Å². The van der Waals surface area contributed by atoms with Crippen LogP contribution in [0.4, 0.5) is 34.1 Å². The highest BCUT2D eigenvalue weighted by molar-refractivity contribution is 6.06. The maximum absolute atomic E-state index is 6.17. The van der Waals surface area contributed by atoms with Gasteiger partial charge < -0.3 is 14.2 Å². The van der Waals surface area contributed by atoms with E-state index >= 15 is 0 Å². The third-order valence-electron chi connectivity index (χ3n) is 11.7. The Morgan fingerprint density at radius 2 is 0.656 bits per heavy atom. The zero-order valence-electron chi connectivity index (χ0n) is 33.4. The minimum absolute atomic E-state index is 0.887. The van der Waals surface area contributed by atoms with Gasteiger partial charge in [0.2, 0.25) is 0 Å². The van der Waals surface area contributed by atoms with Crippen molar-refractivity contribution >= 4 is 66.8 Å². The molecule has 1 aromatic heterocycles. The van der Waals surface area contributed by atoms with E-state index in [0.29, 0.717) is 0 Å². The molecule has 3 nitrogen and oxygen atoms in total. The quantitative estimate of drug-likeness (QED) is 0.145. The number of hydrogen-bond acceptors (Lipinski definition) is 3. The van der Waals surface area contributed by atoms with Crippen LogP contribution in [0.1, 0.15) is 0 Å². The van der Waals surface area contributed by atoms with E-state index in [2.05, 4.69) is 240 Å². The number of furan rings is 1. The number of fused-ring (bicyclic) bond motifs is 4. The number of nitrogens with zero attached hydrogens (tertiary/aromatic N) is 2. The number of hydrogen-bond donors (Lipinski definition) is 0. The minimum Gasteiger partial charge on any atom is -0.456 e. The molecule has 11 rings (SSSR count). The molecular formula is C58H40N2O. The van der Waals surface area contributed by atoms with Crippen molar-refractivity contribution in [2.75, 3.05) is 9.80 Å². The maximum atomic E-state index is 6.17. The van der Waals surface area contributed by atoms with Crippen molar-refractivity contribution in [3.63, 3.8) is 0 Å². The highest BCUT2D eigenvalue weighted by Gasteiger charge is 2.17. The Hall–Kier alpha value is -8.14. The molecule has 0 amide bonds. The Kier molecular flexibility index (Phi) is 9.18. The molecule has 0 fully saturated rings. The molecule has 0 radical (unpaired) electrons. The van der Waals surface area contributed by atoms with Gasteiger partial charge in [-0.2, -0.15) is 0 Å². The smallest absolute Gasteiger partial charge is 0.135 e. The third-order valence-corrected chi connectivity index (χ3v) is 11.7. The van der Waals surface area contributed by atoms with Crippen molar-refractivity contribution in [1.29, 1.82) is 0 Å².